The summed E-state index contributed by atoms with van der Waals surface area (Å²) < 4.78 is 10.7. The van der Waals surface area contributed by atoms with Crippen LogP contribution in [0.15, 0.2) is 72.8 Å². The number of aryl methyl sites for hydroxylation is 2. The molecule has 4 nitrogen and oxygen atoms in total. The van der Waals surface area contributed by atoms with E-state index in [-0.39, 0.29) is 0 Å². The Labute approximate surface area is 205 Å². The van der Waals surface area contributed by atoms with Crippen LogP contribution in [0.1, 0.15) is 87.2 Å². The van der Waals surface area contributed by atoms with Crippen molar-refractivity contribution in [3.63, 3.8) is 0 Å². The highest BCUT2D eigenvalue weighted by Crippen LogP contribution is 2.20. The Morgan fingerprint density at radius 1 is 0.500 bits per heavy atom. The van der Waals surface area contributed by atoms with Gasteiger partial charge >= 0.3 is 11.9 Å². The number of rotatable bonds is 6. The number of ether oxygens (including phenoxy) is 2. The molecule has 0 radical (unpaired) electrons. The molecule has 0 aliphatic carbocycles. The Kier molecular flexibility index (Phi) is 16.3. The summed E-state index contributed by atoms with van der Waals surface area (Å²) in [4.78, 5) is 24.4. The highest BCUT2D eigenvalue weighted by Gasteiger charge is 2.11. The van der Waals surface area contributed by atoms with E-state index in [2.05, 4.69) is 13.8 Å². The Morgan fingerprint density at radius 2 is 0.765 bits per heavy atom. The van der Waals surface area contributed by atoms with Gasteiger partial charge in [-0.25, -0.2) is 9.59 Å². The Bertz CT molecular complexity index is 860. The molecule has 0 spiro atoms. The molecule has 0 aliphatic rings. The van der Waals surface area contributed by atoms with Gasteiger partial charge in [0.15, 0.2) is 0 Å². The minimum absolute atomic E-state index is 0.386. The fraction of sp³-hybridized carbons (Fsp3) is 0.333. The van der Waals surface area contributed by atoms with E-state index in [1.807, 2.05) is 65.8 Å². The number of carbonyl (C=O) groups excluding carboxylic acids is 2. The van der Waals surface area contributed by atoms with Crippen molar-refractivity contribution in [1.82, 2.24) is 0 Å². The van der Waals surface area contributed by atoms with E-state index < -0.39 is 11.9 Å². The predicted molar refractivity (Wildman–Crippen MR) is 142 cm³/mol. The van der Waals surface area contributed by atoms with Gasteiger partial charge in [0.25, 0.3) is 0 Å². The molecule has 34 heavy (non-hydrogen) atoms. The molecule has 4 heteroatoms. The molecule has 0 fully saturated rings. The summed E-state index contributed by atoms with van der Waals surface area (Å²) in [5.41, 5.74) is 3.30. The molecular weight excluding hydrogens is 424 g/mol. The number of hydrogen-bond acceptors (Lipinski definition) is 4. The van der Waals surface area contributed by atoms with Crippen LogP contribution in [-0.4, -0.2) is 11.9 Å². The van der Waals surface area contributed by atoms with Crippen LogP contribution in [0.3, 0.4) is 0 Å². The van der Waals surface area contributed by atoms with E-state index in [4.69, 9.17) is 9.47 Å². The van der Waals surface area contributed by atoms with E-state index in [1.54, 1.807) is 48.5 Å². The van der Waals surface area contributed by atoms with E-state index >= 15 is 0 Å². The molecule has 0 atom stereocenters. The Hall–Kier alpha value is -3.40. The second-order valence-electron chi connectivity index (χ2n) is 6.35. The SMILES string of the molecule is CC.CC.CC.CCc1ccc(C(=O)Oc2ccc(OC(=O)c3ccc(CC)cc3)cc2)cc1. The monoisotopic (exact) mass is 464 g/mol. The first-order valence-electron chi connectivity index (χ1n) is 12.3. The topological polar surface area (TPSA) is 52.6 Å². The van der Waals surface area contributed by atoms with Crippen LogP contribution < -0.4 is 9.47 Å². The first-order chi connectivity index (χ1) is 16.6. The number of benzene rings is 3. The van der Waals surface area contributed by atoms with Crippen molar-refractivity contribution in [3.05, 3.63) is 95.1 Å². The lowest BCUT2D eigenvalue weighted by atomic mass is 10.1. The van der Waals surface area contributed by atoms with Crippen molar-refractivity contribution in [3.8, 4) is 11.5 Å². The summed E-state index contributed by atoms with van der Waals surface area (Å²) >= 11 is 0. The molecule has 0 saturated carbocycles. The molecule has 3 rings (SSSR count). The van der Waals surface area contributed by atoms with E-state index in [1.165, 1.54) is 0 Å². The van der Waals surface area contributed by atoms with Gasteiger partial charge in [0.05, 0.1) is 11.1 Å². The fourth-order valence-electron chi connectivity index (χ4n) is 2.66. The van der Waals surface area contributed by atoms with Crippen LogP contribution in [0, 0.1) is 0 Å². The molecule has 0 unspecified atom stereocenters. The van der Waals surface area contributed by atoms with E-state index in [9.17, 15) is 9.59 Å². The van der Waals surface area contributed by atoms with Crippen molar-refractivity contribution in [2.75, 3.05) is 0 Å². The maximum Gasteiger partial charge on any atom is 0.343 e. The quantitative estimate of drug-likeness (QED) is 0.272. The van der Waals surface area contributed by atoms with Crippen molar-refractivity contribution in [2.24, 2.45) is 0 Å². The van der Waals surface area contributed by atoms with Gasteiger partial charge < -0.3 is 9.47 Å². The lowest BCUT2D eigenvalue weighted by Crippen LogP contribution is -2.09. The molecule has 3 aromatic rings. The standard InChI is InChI=1S/C24H22O4.3C2H6/c1-3-17-5-9-19(10-6-17)23(25)27-21-13-15-22(16-14-21)28-24(26)20-11-7-18(4-2)8-12-20;3*1-2/h5-16H,3-4H2,1-2H3;3*1-2H3. The Morgan fingerprint density at radius 3 is 1.00 bits per heavy atom. The van der Waals surface area contributed by atoms with Gasteiger partial charge in [-0.1, -0.05) is 79.7 Å². The highest BCUT2D eigenvalue weighted by molar-refractivity contribution is 5.92. The smallest absolute Gasteiger partial charge is 0.343 e. The number of esters is 2. The van der Waals surface area contributed by atoms with Gasteiger partial charge in [0, 0.05) is 0 Å². The molecule has 0 bridgehead atoms. The molecule has 0 amide bonds. The fourth-order valence-corrected chi connectivity index (χ4v) is 2.66. The van der Waals surface area contributed by atoms with Crippen LogP contribution >= 0.6 is 0 Å². The van der Waals surface area contributed by atoms with Gasteiger partial charge in [-0.3, -0.25) is 0 Å². The molecule has 3 aromatic carbocycles. The maximum absolute atomic E-state index is 12.2. The summed E-state index contributed by atoms with van der Waals surface area (Å²) in [7, 11) is 0. The third kappa shape index (κ3) is 10.0. The molecule has 184 valence electrons. The zero-order valence-electron chi connectivity index (χ0n) is 22.0. The average Bonchev–Trinajstić information content (AvgIpc) is 2.93. The Balaban J connectivity index is 0.00000168. The van der Waals surface area contributed by atoms with Crippen LogP contribution in [-0.2, 0) is 12.8 Å². The molecular formula is C30H40O4. The van der Waals surface area contributed by atoms with Gasteiger partial charge in [-0.05, 0) is 72.5 Å². The van der Waals surface area contributed by atoms with Gasteiger partial charge in [-0.2, -0.15) is 0 Å². The predicted octanol–water partition coefficient (Wildman–Crippen LogP) is 8.33. The lowest BCUT2D eigenvalue weighted by Gasteiger charge is -2.07. The van der Waals surface area contributed by atoms with Crippen LogP contribution in [0.2, 0.25) is 0 Å². The van der Waals surface area contributed by atoms with E-state index in [0.29, 0.717) is 22.6 Å². The van der Waals surface area contributed by atoms with Crippen molar-refractivity contribution in [1.29, 1.82) is 0 Å². The first kappa shape index (κ1) is 30.6. The minimum atomic E-state index is -0.427. The van der Waals surface area contributed by atoms with Crippen LogP contribution in [0.4, 0.5) is 0 Å². The largest absolute Gasteiger partial charge is 0.423 e. The van der Waals surface area contributed by atoms with Crippen molar-refractivity contribution >= 4 is 11.9 Å². The summed E-state index contributed by atoms with van der Waals surface area (Å²) in [5.74, 6) is -0.0832. The summed E-state index contributed by atoms with van der Waals surface area (Å²) in [6.07, 6.45) is 1.83. The third-order valence-electron chi connectivity index (χ3n) is 4.44. The summed E-state index contributed by atoms with van der Waals surface area (Å²) in [5, 5.41) is 0. The van der Waals surface area contributed by atoms with Gasteiger partial charge in [0.1, 0.15) is 11.5 Å². The molecule has 0 aromatic heterocycles. The summed E-state index contributed by atoms with van der Waals surface area (Å²) in [6.45, 7) is 16.1. The van der Waals surface area contributed by atoms with Gasteiger partial charge in [0.2, 0.25) is 0 Å². The van der Waals surface area contributed by atoms with Crippen molar-refractivity contribution < 1.29 is 19.1 Å². The molecule has 0 N–H and O–H groups in total. The summed E-state index contributed by atoms with van der Waals surface area (Å²) in [6, 6.07) is 21.0. The molecule has 0 heterocycles. The molecule has 0 aliphatic heterocycles. The average molecular weight is 465 g/mol. The normalized spacial score (nSPS) is 9.06. The molecule has 0 saturated heterocycles. The highest BCUT2D eigenvalue weighted by atomic mass is 16.5. The minimum Gasteiger partial charge on any atom is -0.423 e. The van der Waals surface area contributed by atoms with Crippen molar-refractivity contribution in [2.45, 2.75) is 68.2 Å². The maximum atomic E-state index is 12.2. The third-order valence-corrected chi connectivity index (χ3v) is 4.44. The lowest BCUT2D eigenvalue weighted by molar-refractivity contribution is 0.0719. The second-order valence-corrected chi connectivity index (χ2v) is 6.35. The zero-order valence-corrected chi connectivity index (χ0v) is 22.0. The van der Waals surface area contributed by atoms with E-state index in [0.717, 1.165) is 24.0 Å². The number of carbonyl (C=O) groups is 2. The first-order valence-corrected chi connectivity index (χ1v) is 12.3. The second kappa shape index (κ2) is 18.1. The van der Waals surface area contributed by atoms with Gasteiger partial charge in [-0.15, -0.1) is 0 Å². The van der Waals surface area contributed by atoms with Crippen LogP contribution in [0.5, 0.6) is 11.5 Å². The van der Waals surface area contributed by atoms with Crippen LogP contribution in [0.25, 0.3) is 0 Å². The number of hydrogen-bond donors (Lipinski definition) is 0. The zero-order chi connectivity index (χ0) is 25.9.